The van der Waals surface area contributed by atoms with Crippen LogP contribution in [-0.4, -0.2) is 21.6 Å². The quantitative estimate of drug-likeness (QED) is 0.904. The Bertz CT molecular complexity index is 410. The highest BCUT2D eigenvalue weighted by molar-refractivity contribution is 4.97. The van der Waals surface area contributed by atoms with Gasteiger partial charge in [0.1, 0.15) is 0 Å². The fraction of sp³-hybridized carbons (Fsp3) is 0.812. The van der Waals surface area contributed by atoms with E-state index in [1.54, 1.807) is 0 Å². The van der Waals surface area contributed by atoms with Crippen LogP contribution in [0.15, 0.2) is 18.7 Å². The van der Waals surface area contributed by atoms with Gasteiger partial charge in [0.2, 0.25) is 0 Å². The molecule has 2 fully saturated rings. The molecule has 1 heterocycles. The maximum atomic E-state index is 4.21. The van der Waals surface area contributed by atoms with Crippen LogP contribution in [0, 0.1) is 11.3 Å². The molecular weight excluding hydrogens is 234 g/mol. The Balaban J connectivity index is 1.66. The highest BCUT2D eigenvalue weighted by Crippen LogP contribution is 2.42. The Kier molecular flexibility index (Phi) is 3.42. The van der Waals surface area contributed by atoms with Crippen LogP contribution in [0.1, 0.15) is 58.9 Å². The van der Waals surface area contributed by atoms with Crippen LogP contribution < -0.4 is 5.32 Å². The van der Waals surface area contributed by atoms with E-state index in [-0.39, 0.29) is 0 Å². The molecule has 19 heavy (non-hydrogen) atoms. The van der Waals surface area contributed by atoms with E-state index in [0.29, 0.717) is 23.5 Å². The van der Waals surface area contributed by atoms with E-state index in [4.69, 9.17) is 0 Å². The Morgan fingerprint density at radius 3 is 2.68 bits per heavy atom. The fourth-order valence-corrected chi connectivity index (χ4v) is 4.35. The minimum Gasteiger partial charge on any atom is -0.333 e. The monoisotopic (exact) mass is 261 g/mol. The molecule has 1 N–H and O–H groups in total. The third-order valence-corrected chi connectivity index (χ3v) is 5.15. The van der Waals surface area contributed by atoms with Crippen molar-refractivity contribution in [3.63, 3.8) is 0 Å². The first-order chi connectivity index (χ1) is 9.05. The number of imidazole rings is 1. The zero-order valence-corrected chi connectivity index (χ0v) is 12.5. The first-order valence-electron chi connectivity index (χ1n) is 7.79. The average Bonchev–Trinajstić information content (AvgIpc) is 2.99. The van der Waals surface area contributed by atoms with Gasteiger partial charge >= 0.3 is 0 Å². The largest absolute Gasteiger partial charge is 0.333 e. The maximum absolute atomic E-state index is 4.21. The van der Waals surface area contributed by atoms with Crippen molar-refractivity contribution >= 4 is 0 Å². The van der Waals surface area contributed by atoms with Gasteiger partial charge in [-0.05, 0) is 43.4 Å². The molecule has 1 aromatic rings. The van der Waals surface area contributed by atoms with Crippen LogP contribution in [0.3, 0.4) is 0 Å². The van der Waals surface area contributed by atoms with E-state index in [2.05, 4.69) is 41.8 Å². The molecule has 4 unspecified atom stereocenters. The molecule has 0 saturated heterocycles. The summed E-state index contributed by atoms with van der Waals surface area (Å²) < 4.78 is 2.30. The third kappa shape index (κ3) is 2.71. The molecule has 2 aliphatic rings. The number of hydrogen-bond acceptors (Lipinski definition) is 2. The molecule has 0 aromatic carbocycles. The summed E-state index contributed by atoms with van der Waals surface area (Å²) in [6.07, 6.45) is 12.6. The van der Waals surface area contributed by atoms with Crippen LogP contribution >= 0.6 is 0 Å². The lowest BCUT2D eigenvalue weighted by Crippen LogP contribution is -2.42. The SMILES string of the molecule is CC1CC(C)(C)CC1NC1CCCC1n1ccnc1. The molecule has 1 aromatic heterocycles. The molecule has 0 bridgehead atoms. The molecule has 4 atom stereocenters. The van der Waals surface area contributed by atoms with Gasteiger partial charge in [0, 0.05) is 30.5 Å². The summed E-state index contributed by atoms with van der Waals surface area (Å²) in [4.78, 5) is 4.21. The third-order valence-electron chi connectivity index (χ3n) is 5.15. The fourth-order valence-electron chi connectivity index (χ4n) is 4.35. The van der Waals surface area contributed by atoms with Gasteiger partial charge in [0.05, 0.1) is 6.33 Å². The van der Waals surface area contributed by atoms with E-state index < -0.39 is 0 Å². The summed E-state index contributed by atoms with van der Waals surface area (Å²) in [5.41, 5.74) is 0.514. The molecule has 3 heteroatoms. The topological polar surface area (TPSA) is 29.9 Å². The van der Waals surface area contributed by atoms with Crippen molar-refractivity contribution in [2.24, 2.45) is 11.3 Å². The average molecular weight is 261 g/mol. The van der Waals surface area contributed by atoms with Crippen LogP contribution in [0.5, 0.6) is 0 Å². The highest BCUT2D eigenvalue weighted by atomic mass is 15.1. The number of aromatic nitrogens is 2. The Labute approximate surface area is 116 Å². The molecule has 3 rings (SSSR count). The zero-order chi connectivity index (χ0) is 13.5. The molecule has 0 aliphatic heterocycles. The minimum absolute atomic E-state index is 0.514. The number of rotatable bonds is 3. The first-order valence-corrected chi connectivity index (χ1v) is 7.79. The number of hydrogen-bond donors (Lipinski definition) is 1. The summed E-state index contributed by atoms with van der Waals surface area (Å²) in [5, 5.41) is 3.97. The molecule has 2 aliphatic carbocycles. The molecule has 0 amide bonds. The lowest BCUT2D eigenvalue weighted by Gasteiger charge is -2.28. The summed E-state index contributed by atoms with van der Waals surface area (Å²) in [5.74, 6) is 0.805. The lowest BCUT2D eigenvalue weighted by atomic mass is 9.91. The van der Waals surface area contributed by atoms with Crippen LogP contribution in [0.25, 0.3) is 0 Å². The predicted molar refractivity (Wildman–Crippen MR) is 78.0 cm³/mol. The van der Waals surface area contributed by atoms with Crippen LogP contribution in [0.4, 0.5) is 0 Å². The molecule has 2 saturated carbocycles. The van der Waals surface area contributed by atoms with E-state index in [0.717, 1.165) is 5.92 Å². The Hall–Kier alpha value is -0.830. The lowest BCUT2D eigenvalue weighted by molar-refractivity contribution is 0.312. The minimum atomic E-state index is 0.514. The summed E-state index contributed by atoms with van der Waals surface area (Å²) in [7, 11) is 0. The smallest absolute Gasteiger partial charge is 0.0949 e. The van der Waals surface area contributed by atoms with E-state index >= 15 is 0 Å². The molecule has 3 nitrogen and oxygen atoms in total. The van der Waals surface area contributed by atoms with Gasteiger partial charge in [-0.25, -0.2) is 4.98 Å². The Morgan fingerprint density at radius 1 is 1.21 bits per heavy atom. The van der Waals surface area contributed by atoms with Crippen molar-refractivity contribution in [2.75, 3.05) is 0 Å². The standard InChI is InChI=1S/C16H27N3/c1-12-9-16(2,3)10-14(12)18-13-5-4-6-15(13)19-8-7-17-11-19/h7-8,11-15,18H,4-6,9-10H2,1-3H3. The van der Waals surface area contributed by atoms with Gasteiger partial charge in [0.25, 0.3) is 0 Å². The number of nitrogens with zero attached hydrogens (tertiary/aromatic N) is 2. The molecule has 0 radical (unpaired) electrons. The molecule has 106 valence electrons. The van der Waals surface area contributed by atoms with Crippen molar-refractivity contribution in [3.8, 4) is 0 Å². The van der Waals surface area contributed by atoms with Gasteiger partial charge in [0.15, 0.2) is 0 Å². The van der Waals surface area contributed by atoms with Crippen LogP contribution in [-0.2, 0) is 0 Å². The van der Waals surface area contributed by atoms with Gasteiger partial charge in [-0.2, -0.15) is 0 Å². The van der Waals surface area contributed by atoms with Crippen molar-refractivity contribution in [2.45, 2.75) is 71.0 Å². The van der Waals surface area contributed by atoms with Crippen molar-refractivity contribution in [1.82, 2.24) is 14.9 Å². The summed E-state index contributed by atoms with van der Waals surface area (Å²) >= 11 is 0. The van der Waals surface area contributed by atoms with Crippen molar-refractivity contribution in [1.29, 1.82) is 0 Å². The second-order valence-corrected chi connectivity index (χ2v) is 7.44. The maximum Gasteiger partial charge on any atom is 0.0949 e. The zero-order valence-electron chi connectivity index (χ0n) is 12.5. The van der Waals surface area contributed by atoms with E-state index in [1.165, 1.54) is 32.1 Å². The van der Waals surface area contributed by atoms with Crippen molar-refractivity contribution < 1.29 is 0 Å². The van der Waals surface area contributed by atoms with Gasteiger partial charge < -0.3 is 9.88 Å². The Morgan fingerprint density at radius 2 is 2.05 bits per heavy atom. The second kappa shape index (κ2) is 4.93. The predicted octanol–water partition coefficient (Wildman–Crippen LogP) is 3.39. The van der Waals surface area contributed by atoms with Gasteiger partial charge in [-0.15, -0.1) is 0 Å². The summed E-state index contributed by atoms with van der Waals surface area (Å²) in [6.45, 7) is 7.23. The van der Waals surface area contributed by atoms with Gasteiger partial charge in [-0.3, -0.25) is 0 Å². The highest BCUT2D eigenvalue weighted by Gasteiger charge is 2.39. The van der Waals surface area contributed by atoms with E-state index in [1.807, 2.05) is 12.5 Å². The second-order valence-electron chi connectivity index (χ2n) is 7.44. The first kappa shape index (κ1) is 13.2. The van der Waals surface area contributed by atoms with Gasteiger partial charge in [-0.1, -0.05) is 20.8 Å². The van der Waals surface area contributed by atoms with Crippen LogP contribution in [0.2, 0.25) is 0 Å². The molecular formula is C16H27N3. The number of nitrogens with one attached hydrogen (secondary N) is 1. The summed E-state index contributed by atoms with van der Waals surface area (Å²) in [6, 6.07) is 1.94. The van der Waals surface area contributed by atoms with E-state index in [9.17, 15) is 0 Å². The molecule has 0 spiro atoms. The van der Waals surface area contributed by atoms with Crippen molar-refractivity contribution in [3.05, 3.63) is 18.7 Å². The normalized spacial score (nSPS) is 37.8.